The zero-order chi connectivity index (χ0) is 6.91. The predicted molar refractivity (Wildman–Crippen MR) is 38.8 cm³/mol. The average Bonchev–Trinajstić information content (AvgIpc) is 2.08. The molecule has 0 aromatic rings. The summed E-state index contributed by atoms with van der Waals surface area (Å²) in [4.78, 5) is 0. The molecule has 1 heteroatoms. The van der Waals surface area contributed by atoms with Gasteiger partial charge in [0, 0.05) is 6.08 Å². The molecule has 0 bridgehead atoms. The quantitative estimate of drug-likeness (QED) is 0.363. The Labute approximate surface area is 56.2 Å². The third-order valence-corrected chi connectivity index (χ3v) is 1.30. The Morgan fingerprint density at radius 1 is 1.33 bits per heavy atom. The second-order valence-corrected chi connectivity index (χ2v) is 3.07. The maximum Gasteiger partial charge on any atom is 0.175 e. The molecule has 0 heterocycles. The molecule has 0 radical (unpaired) electrons. The fraction of sp³-hybridized carbons (Fsp3) is 0.375. The fourth-order valence-corrected chi connectivity index (χ4v) is 0.738. The topological polar surface area (TPSA) is 0 Å². The smallest absolute Gasteiger partial charge is 0.175 e. The Morgan fingerprint density at radius 3 is 2.22 bits per heavy atom. The van der Waals surface area contributed by atoms with Crippen LogP contribution in [0, 0.1) is 0 Å². The van der Waals surface area contributed by atoms with Crippen LogP contribution in [0.3, 0.4) is 0 Å². The van der Waals surface area contributed by atoms with Crippen LogP contribution < -0.4 is 0 Å². The van der Waals surface area contributed by atoms with Crippen LogP contribution in [0.5, 0.6) is 0 Å². The van der Waals surface area contributed by atoms with Crippen molar-refractivity contribution in [2.75, 3.05) is 21.1 Å². The van der Waals surface area contributed by atoms with Crippen molar-refractivity contribution in [2.24, 2.45) is 0 Å². The van der Waals surface area contributed by atoms with Crippen LogP contribution in [0.25, 0.3) is 0 Å². The Bertz CT molecular complexity index is 197. The summed E-state index contributed by atoms with van der Waals surface area (Å²) in [6, 6.07) is 0. The van der Waals surface area contributed by atoms with Gasteiger partial charge < -0.3 is 0 Å². The molecule has 48 valence electrons. The summed E-state index contributed by atoms with van der Waals surface area (Å²) in [5, 5.41) is 0. The first-order valence-electron chi connectivity index (χ1n) is 3.06. The summed E-state index contributed by atoms with van der Waals surface area (Å²) in [6.45, 7) is 0. The molecule has 0 amide bonds. The monoisotopic (exact) mass is 122 g/mol. The zero-order valence-electron chi connectivity index (χ0n) is 6.18. The van der Waals surface area contributed by atoms with Gasteiger partial charge in [-0.15, -0.1) is 0 Å². The van der Waals surface area contributed by atoms with Crippen LogP contribution in [0.15, 0.2) is 29.7 Å². The molecule has 1 aliphatic carbocycles. The minimum absolute atomic E-state index is 0.854. The van der Waals surface area contributed by atoms with Crippen LogP contribution in [-0.4, -0.2) is 25.6 Å². The Morgan fingerprint density at radius 2 is 2.00 bits per heavy atom. The van der Waals surface area contributed by atoms with Crippen molar-refractivity contribution >= 4 is 0 Å². The Hall–Kier alpha value is -0.780. The first-order valence-corrected chi connectivity index (χ1v) is 3.06. The molecule has 1 nitrogen and oxygen atoms in total. The molecular formula is C8H12N+. The SMILES string of the molecule is C[N+](C)(C)C1=C=CC=C1. The third kappa shape index (κ3) is 1.32. The normalized spacial score (nSPS) is 16.6. The molecule has 1 aliphatic rings. The van der Waals surface area contributed by atoms with Crippen LogP contribution in [0.1, 0.15) is 0 Å². The first-order chi connectivity index (χ1) is 4.11. The fourth-order valence-electron chi connectivity index (χ4n) is 0.738. The zero-order valence-corrected chi connectivity index (χ0v) is 6.18. The van der Waals surface area contributed by atoms with Gasteiger partial charge in [-0.3, -0.25) is 4.48 Å². The van der Waals surface area contributed by atoms with Crippen molar-refractivity contribution in [1.29, 1.82) is 0 Å². The van der Waals surface area contributed by atoms with Gasteiger partial charge in [0.05, 0.1) is 21.1 Å². The number of quaternary nitrogens is 1. The van der Waals surface area contributed by atoms with E-state index in [4.69, 9.17) is 0 Å². The third-order valence-electron chi connectivity index (χ3n) is 1.30. The number of hydrogen-bond acceptors (Lipinski definition) is 0. The van der Waals surface area contributed by atoms with Gasteiger partial charge in [0.25, 0.3) is 0 Å². The van der Waals surface area contributed by atoms with Crippen LogP contribution >= 0.6 is 0 Å². The van der Waals surface area contributed by atoms with Crippen molar-refractivity contribution in [3.05, 3.63) is 29.7 Å². The van der Waals surface area contributed by atoms with E-state index in [1.54, 1.807) is 0 Å². The molecule has 0 saturated heterocycles. The highest BCUT2D eigenvalue weighted by molar-refractivity contribution is 5.23. The van der Waals surface area contributed by atoms with Crippen LogP contribution in [0.4, 0.5) is 0 Å². The first kappa shape index (κ1) is 6.34. The number of rotatable bonds is 1. The minimum Gasteiger partial charge on any atom is -0.292 e. The molecular weight excluding hydrogens is 110 g/mol. The molecule has 0 atom stereocenters. The van der Waals surface area contributed by atoms with Gasteiger partial charge in [-0.25, -0.2) is 0 Å². The van der Waals surface area contributed by atoms with E-state index in [9.17, 15) is 0 Å². The number of hydrogen-bond donors (Lipinski definition) is 0. The lowest BCUT2D eigenvalue weighted by Gasteiger charge is -2.21. The minimum atomic E-state index is 0.854. The van der Waals surface area contributed by atoms with E-state index in [0.29, 0.717) is 0 Å². The summed E-state index contributed by atoms with van der Waals surface area (Å²) in [7, 11) is 6.39. The number of likely N-dealkylation sites (N-methyl/N-ethyl adjacent to an activating group) is 1. The van der Waals surface area contributed by atoms with Gasteiger partial charge in [0.1, 0.15) is 0 Å². The van der Waals surface area contributed by atoms with E-state index in [1.165, 1.54) is 5.70 Å². The predicted octanol–water partition coefficient (Wildman–Crippen LogP) is 1.30. The van der Waals surface area contributed by atoms with Crippen LogP contribution in [-0.2, 0) is 0 Å². The molecule has 0 aromatic heterocycles. The summed E-state index contributed by atoms with van der Waals surface area (Å²) >= 11 is 0. The lowest BCUT2D eigenvalue weighted by atomic mass is 10.4. The number of nitrogens with zero attached hydrogens (tertiary/aromatic N) is 1. The highest BCUT2D eigenvalue weighted by Gasteiger charge is 2.12. The average molecular weight is 122 g/mol. The van der Waals surface area contributed by atoms with Gasteiger partial charge in [-0.05, 0) is 12.2 Å². The Balaban J connectivity index is 2.88. The molecule has 0 aromatic carbocycles. The van der Waals surface area contributed by atoms with Gasteiger partial charge in [0.2, 0.25) is 0 Å². The molecule has 0 saturated carbocycles. The van der Waals surface area contributed by atoms with Gasteiger partial charge >= 0.3 is 0 Å². The van der Waals surface area contributed by atoms with E-state index in [-0.39, 0.29) is 0 Å². The standard InChI is InChI=1S/C8H12N/c1-9(2,3)8-6-4-5-7-8/h4-6H,1-3H3/q+1. The summed E-state index contributed by atoms with van der Waals surface area (Å²) in [5.41, 5.74) is 4.38. The van der Waals surface area contributed by atoms with Gasteiger partial charge in [-0.2, -0.15) is 0 Å². The molecule has 9 heavy (non-hydrogen) atoms. The lowest BCUT2D eigenvalue weighted by molar-refractivity contribution is -0.827. The summed E-state index contributed by atoms with van der Waals surface area (Å²) < 4.78 is 0.854. The van der Waals surface area contributed by atoms with E-state index < -0.39 is 0 Å². The lowest BCUT2D eigenvalue weighted by Crippen LogP contribution is -2.31. The molecule has 0 N–H and O–H groups in total. The molecule has 0 fully saturated rings. The van der Waals surface area contributed by atoms with E-state index >= 15 is 0 Å². The molecule has 0 unspecified atom stereocenters. The summed E-state index contributed by atoms with van der Waals surface area (Å²) in [5.74, 6) is 0. The summed E-state index contributed by atoms with van der Waals surface area (Å²) in [6.07, 6.45) is 6.04. The van der Waals surface area contributed by atoms with Crippen molar-refractivity contribution in [3.8, 4) is 0 Å². The maximum atomic E-state index is 3.15. The second-order valence-electron chi connectivity index (χ2n) is 3.07. The van der Waals surface area contributed by atoms with E-state index in [1.807, 2.05) is 12.2 Å². The van der Waals surface area contributed by atoms with Crippen LogP contribution in [0.2, 0.25) is 0 Å². The van der Waals surface area contributed by atoms with Crippen molar-refractivity contribution in [2.45, 2.75) is 0 Å². The molecule has 1 rings (SSSR count). The van der Waals surface area contributed by atoms with E-state index in [2.05, 4.69) is 33.0 Å². The van der Waals surface area contributed by atoms with Gasteiger partial charge in [0.15, 0.2) is 5.70 Å². The highest BCUT2D eigenvalue weighted by Crippen LogP contribution is 2.10. The molecule has 0 aliphatic heterocycles. The second kappa shape index (κ2) is 1.87. The maximum absolute atomic E-state index is 3.15. The van der Waals surface area contributed by atoms with Crippen molar-refractivity contribution in [3.63, 3.8) is 0 Å². The van der Waals surface area contributed by atoms with Crippen molar-refractivity contribution < 1.29 is 4.48 Å². The number of allylic oxidation sites excluding steroid dienone is 2. The van der Waals surface area contributed by atoms with Crippen molar-refractivity contribution in [1.82, 2.24) is 0 Å². The highest BCUT2D eigenvalue weighted by atomic mass is 15.3. The Kier molecular flexibility index (Phi) is 1.32. The largest absolute Gasteiger partial charge is 0.292 e. The molecule has 0 spiro atoms. The van der Waals surface area contributed by atoms with E-state index in [0.717, 1.165) is 4.48 Å². The van der Waals surface area contributed by atoms with Gasteiger partial charge in [-0.1, -0.05) is 5.73 Å².